The van der Waals surface area contributed by atoms with Gasteiger partial charge < -0.3 is 0 Å². The highest BCUT2D eigenvalue weighted by atomic mass is 16.1. The highest BCUT2D eigenvalue weighted by molar-refractivity contribution is 5.89. The highest BCUT2D eigenvalue weighted by Gasteiger charge is 1.93. The van der Waals surface area contributed by atoms with Crippen LogP contribution < -0.4 is 0 Å². The van der Waals surface area contributed by atoms with Crippen LogP contribution in [0.15, 0.2) is 36.0 Å². The molecule has 0 unspecified atom stereocenters. The van der Waals surface area contributed by atoms with Crippen LogP contribution in [0.25, 0.3) is 0 Å². The molecule has 1 heteroatoms. The summed E-state index contributed by atoms with van der Waals surface area (Å²) >= 11 is 0. The summed E-state index contributed by atoms with van der Waals surface area (Å²) in [5, 5.41) is 0. The van der Waals surface area contributed by atoms with E-state index in [1.807, 2.05) is 19.1 Å². The summed E-state index contributed by atoms with van der Waals surface area (Å²) in [4.78, 5) is 11.2. The van der Waals surface area contributed by atoms with Crippen molar-refractivity contribution in [2.24, 2.45) is 0 Å². The van der Waals surface area contributed by atoms with E-state index in [2.05, 4.69) is 20.4 Å². The number of carbonyl (C=O) groups is 1. The third-order valence-electron chi connectivity index (χ3n) is 2.33. The molecule has 0 atom stereocenters. The average Bonchev–Trinajstić information content (AvgIpc) is 2.17. The molecule has 0 bridgehead atoms. The van der Waals surface area contributed by atoms with Crippen LogP contribution in [0.2, 0.25) is 0 Å². The molecular formula is C15H24O. The second-order valence-corrected chi connectivity index (χ2v) is 4.40. The predicted molar refractivity (Wildman–Crippen MR) is 71.5 cm³/mol. The molecule has 90 valence electrons. The quantitative estimate of drug-likeness (QED) is 0.332. The van der Waals surface area contributed by atoms with Gasteiger partial charge in [-0.05, 0) is 45.6 Å². The van der Waals surface area contributed by atoms with Crippen molar-refractivity contribution in [3.8, 4) is 0 Å². The van der Waals surface area contributed by atoms with Gasteiger partial charge in [0.05, 0.1) is 0 Å². The van der Waals surface area contributed by atoms with Crippen LogP contribution >= 0.6 is 0 Å². The summed E-state index contributed by atoms with van der Waals surface area (Å²) in [6.45, 7) is 10.1. The minimum absolute atomic E-state index is 0.216. The lowest BCUT2D eigenvalue weighted by atomic mass is 10.1. The Morgan fingerprint density at radius 1 is 1.19 bits per heavy atom. The largest absolute Gasteiger partial charge is 0.295 e. The molecule has 0 saturated carbocycles. The molecule has 0 spiro atoms. The molecule has 0 radical (unpaired) electrons. The Balaban J connectivity index is 3.85. The minimum Gasteiger partial charge on any atom is -0.295 e. The van der Waals surface area contributed by atoms with E-state index in [4.69, 9.17) is 0 Å². The molecule has 0 heterocycles. The van der Waals surface area contributed by atoms with Crippen LogP contribution in [0.5, 0.6) is 0 Å². The molecule has 0 amide bonds. The maximum absolute atomic E-state index is 11.2. The number of carbonyl (C=O) groups excluding carboxylic acids is 1. The third-order valence-corrected chi connectivity index (χ3v) is 2.33. The van der Waals surface area contributed by atoms with Crippen molar-refractivity contribution in [2.75, 3.05) is 0 Å². The summed E-state index contributed by atoms with van der Waals surface area (Å²) in [7, 11) is 0. The highest BCUT2D eigenvalue weighted by Crippen LogP contribution is 2.10. The molecule has 0 aromatic rings. The normalized spacial score (nSPS) is 12.1. The number of hydrogen-bond donors (Lipinski definition) is 0. The molecule has 1 nitrogen and oxygen atoms in total. The van der Waals surface area contributed by atoms with Crippen LogP contribution in [-0.4, -0.2) is 5.78 Å². The zero-order valence-electron chi connectivity index (χ0n) is 10.9. The summed E-state index contributed by atoms with van der Waals surface area (Å²) < 4.78 is 0. The Morgan fingerprint density at radius 3 is 2.44 bits per heavy atom. The van der Waals surface area contributed by atoms with Gasteiger partial charge >= 0.3 is 0 Å². The van der Waals surface area contributed by atoms with Crippen molar-refractivity contribution < 1.29 is 4.79 Å². The van der Waals surface area contributed by atoms with E-state index in [9.17, 15) is 4.79 Å². The molecule has 0 aromatic carbocycles. The molecule has 0 aliphatic carbocycles. The summed E-state index contributed by atoms with van der Waals surface area (Å²) in [6.07, 6.45) is 10.5. The summed E-state index contributed by atoms with van der Waals surface area (Å²) in [6, 6.07) is 0. The molecule has 0 aliphatic heterocycles. The molecule has 0 saturated heterocycles. The number of rotatable bonds is 8. The van der Waals surface area contributed by atoms with Gasteiger partial charge in [0, 0.05) is 6.42 Å². The fraction of sp³-hybridized carbons (Fsp3) is 0.533. The summed E-state index contributed by atoms with van der Waals surface area (Å²) in [5.41, 5.74) is 2.56. The van der Waals surface area contributed by atoms with Gasteiger partial charge in [-0.2, -0.15) is 0 Å². The second-order valence-electron chi connectivity index (χ2n) is 4.40. The summed E-state index contributed by atoms with van der Waals surface area (Å²) in [5.74, 6) is 0.216. The van der Waals surface area contributed by atoms with Crippen LogP contribution in [-0.2, 0) is 4.79 Å². The second kappa shape index (κ2) is 9.14. The molecule has 0 aromatic heterocycles. The topological polar surface area (TPSA) is 17.1 Å². The Hall–Kier alpha value is -1.11. The van der Waals surface area contributed by atoms with Crippen molar-refractivity contribution in [1.29, 1.82) is 0 Å². The molecule has 0 aliphatic rings. The van der Waals surface area contributed by atoms with Crippen LogP contribution in [0.3, 0.4) is 0 Å². The van der Waals surface area contributed by atoms with Crippen LogP contribution in [0, 0.1) is 0 Å². The zero-order valence-corrected chi connectivity index (χ0v) is 10.9. The van der Waals surface area contributed by atoms with Gasteiger partial charge in [0.2, 0.25) is 0 Å². The van der Waals surface area contributed by atoms with Gasteiger partial charge in [-0.1, -0.05) is 30.2 Å². The van der Waals surface area contributed by atoms with E-state index in [0.29, 0.717) is 6.42 Å². The van der Waals surface area contributed by atoms with Crippen molar-refractivity contribution >= 4 is 5.78 Å². The fourth-order valence-corrected chi connectivity index (χ4v) is 1.40. The van der Waals surface area contributed by atoms with Crippen molar-refractivity contribution in [2.45, 2.75) is 52.9 Å². The number of allylic oxidation sites excluding steroid dienone is 5. The maximum atomic E-state index is 11.2. The number of hydrogen-bond acceptors (Lipinski definition) is 1. The Labute approximate surface area is 99.9 Å². The zero-order chi connectivity index (χ0) is 12.4. The standard InChI is InChI=1S/C15H24O/c1-5-8-15(16)12-7-11-14(4)10-6-9-13(2)3/h7,11-12H,2,5-6,8-10H2,1,3-4H3. The van der Waals surface area contributed by atoms with E-state index >= 15 is 0 Å². The first-order valence-corrected chi connectivity index (χ1v) is 6.07. The molecule has 16 heavy (non-hydrogen) atoms. The lowest BCUT2D eigenvalue weighted by molar-refractivity contribution is -0.114. The lowest BCUT2D eigenvalue weighted by Crippen LogP contribution is -1.89. The molecular weight excluding hydrogens is 196 g/mol. The number of ketones is 1. The van der Waals surface area contributed by atoms with E-state index < -0.39 is 0 Å². The monoisotopic (exact) mass is 220 g/mol. The van der Waals surface area contributed by atoms with Gasteiger partial charge in [-0.3, -0.25) is 4.79 Å². The first kappa shape index (κ1) is 14.9. The molecule has 0 rings (SSSR count). The SMILES string of the molecule is C=C(C)CCCC(C)=CC=CC(=O)CCC. The first-order valence-electron chi connectivity index (χ1n) is 6.07. The van der Waals surface area contributed by atoms with Gasteiger partial charge in [0.25, 0.3) is 0 Å². The van der Waals surface area contributed by atoms with E-state index in [-0.39, 0.29) is 5.78 Å². The van der Waals surface area contributed by atoms with E-state index in [1.165, 1.54) is 11.1 Å². The predicted octanol–water partition coefficient (Wildman–Crippen LogP) is 4.60. The Bertz CT molecular complexity index is 282. The van der Waals surface area contributed by atoms with Crippen molar-refractivity contribution in [1.82, 2.24) is 0 Å². The van der Waals surface area contributed by atoms with Gasteiger partial charge in [-0.15, -0.1) is 6.58 Å². The van der Waals surface area contributed by atoms with Crippen molar-refractivity contribution in [3.63, 3.8) is 0 Å². The van der Waals surface area contributed by atoms with Gasteiger partial charge in [0.15, 0.2) is 5.78 Å². The van der Waals surface area contributed by atoms with Crippen molar-refractivity contribution in [3.05, 3.63) is 36.0 Å². The Kier molecular flexibility index (Phi) is 8.51. The smallest absolute Gasteiger partial charge is 0.155 e. The van der Waals surface area contributed by atoms with Crippen LogP contribution in [0.1, 0.15) is 52.9 Å². The first-order chi connectivity index (χ1) is 7.56. The van der Waals surface area contributed by atoms with Crippen LogP contribution in [0.4, 0.5) is 0 Å². The average molecular weight is 220 g/mol. The maximum Gasteiger partial charge on any atom is 0.155 e. The van der Waals surface area contributed by atoms with Gasteiger partial charge in [0.1, 0.15) is 0 Å². The molecule has 0 fully saturated rings. The van der Waals surface area contributed by atoms with Gasteiger partial charge in [-0.25, -0.2) is 0 Å². The minimum atomic E-state index is 0.216. The fourth-order valence-electron chi connectivity index (χ4n) is 1.40. The third kappa shape index (κ3) is 9.45. The molecule has 0 N–H and O–H groups in total. The Morgan fingerprint density at radius 2 is 1.88 bits per heavy atom. The van der Waals surface area contributed by atoms with E-state index in [0.717, 1.165) is 25.7 Å². The lowest BCUT2D eigenvalue weighted by Gasteiger charge is -1.99. The van der Waals surface area contributed by atoms with E-state index in [1.54, 1.807) is 6.08 Å².